The second-order valence-corrected chi connectivity index (χ2v) is 6.01. The molecule has 2 aromatic rings. The molecule has 0 bridgehead atoms. The number of hydrogen-bond acceptors (Lipinski definition) is 6. The summed E-state index contributed by atoms with van der Waals surface area (Å²) in [6.45, 7) is -0.185. The third kappa shape index (κ3) is 5.42. The Hall–Kier alpha value is -3.13. The number of halogens is 1. The number of carbonyl (C=O) groups excluding carboxylic acids is 2. The average molecular weight is 393 g/mol. The quantitative estimate of drug-likeness (QED) is 0.408. The third-order valence-electron chi connectivity index (χ3n) is 3.68. The van der Waals surface area contributed by atoms with E-state index in [-0.39, 0.29) is 10.6 Å². The number of nitrogens with zero attached hydrogens (tertiary/aromatic N) is 2. The zero-order valence-electron chi connectivity index (χ0n) is 14.7. The monoisotopic (exact) mass is 392 g/mol. The molecule has 0 aliphatic carbocycles. The zero-order chi connectivity index (χ0) is 20.0. The molecule has 1 amide bonds. The molecule has 0 spiro atoms. The predicted molar refractivity (Wildman–Crippen MR) is 97.9 cm³/mol. The van der Waals surface area contributed by atoms with E-state index in [0.717, 1.165) is 11.6 Å². The molecule has 0 saturated heterocycles. The van der Waals surface area contributed by atoms with Gasteiger partial charge in [-0.2, -0.15) is 0 Å². The number of carbonyl (C=O) groups is 2. The molecule has 0 saturated carbocycles. The lowest BCUT2D eigenvalue weighted by atomic mass is 10.2. The van der Waals surface area contributed by atoms with Crippen LogP contribution in [-0.2, 0) is 16.1 Å². The van der Waals surface area contributed by atoms with E-state index in [1.54, 1.807) is 32.4 Å². The molecule has 0 unspecified atom stereocenters. The summed E-state index contributed by atoms with van der Waals surface area (Å²) in [6, 6.07) is 10.8. The number of nitro groups is 1. The van der Waals surface area contributed by atoms with Crippen LogP contribution in [0.2, 0.25) is 5.02 Å². The molecule has 142 valence electrons. The van der Waals surface area contributed by atoms with Gasteiger partial charge in [0.25, 0.3) is 11.6 Å². The van der Waals surface area contributed by atoms with Crippen molar-refractivity contribution in [2.24, 2.45) is 0 Å². The van der Waals surface area contributed by atoms with Crippen molar-refractivity contribution < 1.29 is 24.0 Å². The van der Waals surface area contributed by atoms with Gasteiger partial charge in [0.1, 0.15) is 10.8 Å². The van der Waals surface area contributed by atoms with E-state index in [9.17, 15) is 19.7 Å². The van der Waals surface area contributed by atoms with Crippen LogP contribution in [0.4, 0.5) is 5.69 Å². The fraction of sp³-hybridized carbons (Fsp3) is 0.222. The second kappa shape index (κ2) is 9.00. The largest absolute Gasteiger partial charge is 0.497 e. The minimum absolute atomic E-state index is 0.0608. The van der Waals surface area contributed by atoms with Crippen LogP contribution >= 0.6 is 11.6 Å². The van der Waals surface area contributed by atoms with Crippen molar-refractivity contribution >= 4 is 29.2 Å². The summed E-state index contributed by atoms with van der Waals surface area (Å²) in [7, 11) is 3.12. The minimum Gasteiger partial charge on any atom is -0.497 e. The average Bonchev–Trinajstić information content (AvgIpc) is 2.65. The molecule has 0 aliphatic heterocycles. The smallest absolute Gasteiger partial charge is 0.338 e. The number of esters is 1. The number of nitro benzene ring substituents is 1. The zero-order valence-corrected chi connectivity index (χ0v) is 15.4. The lowest BCUT2D eigenvalue weighted by Crippen LogP contribution is -2.30. The summed E-state index contributed by atoms with van der Waals surface area (Å²) >= 11 is 5.70. The number of ether oxygens (including phenoxy) is 2. The van der Waals surface area contributed by atoms with Crippen molar-refractivity contribution in [3.63, 3.8) is 0 Å². The first kappa shape index (κ1) is 20.2. The highest BCUT2D eigenvalue weighted by Gasteiger charge is 2.19. The van der Waals surface area contributed by atoms with E-state index in [0.29, 0.717) is 12.3 Å². The summed E-state index contributed by atoms with van der Waals surface area (Å²) < 4.78 is 10.1. The number of methoxy groups -OCH3 is 1. The van der Waals surface area contributed by atoms with Crippen molar-refractivity contribution in [1.82, 2.24) is 4.90 Å². The van der Waals surface area contributed by atoms with Crippen LogP contribution in [0.5, 0.6) is 5.75 Å². The second-order valence-electron chi connectivity index (χ2n) is 5.60. The Morgan fingerprint density at radius 2 is 1.96 bits per heavy atom. The van der Waals surface area contributed by atoms with E-state index >= 15 is 0 Å². The van der Waals surface area contributed by atoms with Gasteiger partial charge in [-0.15, -0.1) is 0 Å². The molecule has 0 N–H and O–H groups in total. The summed E-state index contributed by atoms with van der Waals surface area (Å²) in [6.07, 6.45) is 0. The third-order valence-corrected chi connectivity index (χ3v) is 4.00. The van der Waals surface area contributed by atoms with Gasteiger partial charge >= 0.3 is 5.97 Å². The molecule has 27 heavy (non-hydrogen) atoms. The van der Waals surface area contributed by atoms with Gasteiger partial charge in [-0.1, -0.05) is 23.7 Å². The first-order valence-corrected chi connectivity index (χ1v) is 8.17. The molecule has 9 heteroatoms. The Bertz CT molecular complexity index is 871. The minimum atomic E-state index is -0.849. The van der Waals surface area contributed by atoms with Crippen LogP contribution < -0.4 is 4.74 Å². The van der Waals surface area contributed by atoms with E-state index in [2.05, 4.69) is 0 Å². The van der Waals surface area contributed by atoms with Crippen molar-refractivity contribution in [2.75, 3.05) is 20.8 Å². The molecule has 0 aliphatic rings. The first-order chi connectivity index (χ1) is 12.8. The van der Waals surface area contributed by atoms with Crippen molar-refractivity contribution in [2.45, 2.75) is 6.54 Å². The number of likely N-dealkylation sites (N-methyl/N-ethyl adjacent to an activating group) is 1. The molecular weight excluding hydrogens is 376 g/mol. The fourth-order valence-corrected chi connectivity index (χ4v) is 2.42. The van der Waals surface area contributed by atoms with Gasteiger partial charge in [-0.05, 0) is 29.8 Å². The van der Waals surface area contributed by atoms with Crippen LogP contribution in [0.25, 0.3) is 0 Å². The van der Waals surface area contributed by atoms with Gasteiger partial charge in [0.2, 0.25) is 0 Å². The summed E-state index contributed by atoms with van der Waals surface area (Å²) in [5.74, 6) is -0.600. The maximum Gasteiger partial charge on any atom is 0.338 e. The van der Waals surface area contributed by atoms with Crippen molar-refractivity contribution in [1.29, 1.82) is 0 Å². The van der Waals surface area contributed by atoms with Gasteiger partial charge in [0.05, 0.1) is 17.6 Å². The highest BCUT2D eigenvalue weighted by Crippen LogP contribution is 2.25. The van der Waals surface area contributed by atoms with Crippen LogP contribution in [0.15, 0.2) is 42.5 Å². The van der Waals surface area contributed by atoms with Gasteiger partial charge in [-0.25, -0.2) is 4.79 Å². The van der Waals surface area contributed by atoms with Gasteiger partial charge in [-0.3, -0.25) is 14.9 Å². The fourth-order valence-electron chi connectivity index (χ4n) is 2.23. The summed E-state index contributed by atoms with van der Waals surface area (Å²) in [5, 5.41) is 10.8. The van der Waals surface area contributed by atoms with Crippen LogP contribution in [0.3, 0.4) is 0 Å². The molecular formula is C18H17ClN2O6. The van der Waals surface area contributed by atoms with Crippen molar-refractivity contribution in [3.8, 4) is 5.75 Å². The highest BCUT2D eigenvalue weighted by molar-refractivity contribution is 6.32. The highest BCUT2D eigenvalue weighted by atomic mass is 35.5. The molecule has 0 fully saturated rings. The maximum atomic E-state index is 12.2. The Morgan fingerprint density at radius 3 is 2.63 bits per heavy atom. The number of rotatable bonds is 7. The number of hydrogen-bond donors (Lipinski definition) is 0. The van der Waals surface area contributed by atoms with Gasteiger partial charge < -0.3 is 14.4 Å². The molecule has 0 atom stereocenters. The summed E-state index contributed by atoms with van der Waals surface area (Å²) in [5.41, 5.74) is 0.381. The molecule has 8 nitrogen and oxygen atoms in total. The Kier molecular flexibility index (Phi) is 6.73. The van der Waals surface area contributed by atoms with Crippen LogP contribution in [0.1, 0.15) is 15.9 Å². The standard InChI is InChI=1S/C18H17ClN2O6/c1-20(10-12-4-3-5-14(8-12)26-2)17(22)11-27-18(23)13-6-7-15(19)16(9-13)21(24)25/h3-9H,10-11H2,1-2H3. The number of benzene rings is 2. The van der Waals surface area contributed by atoms with E-state index in [1.165, 1.54) is 17.0 Å². The Labute approximate surface area is 160 Å². The first-order valence-electron chi connectivity index (χ1n) is 7.79. The lowest BCUT2D eigenvalue weighted by molar-refractivity contribution is -0.384. The van der Waals surface area contributed by atoms with Crippen molar-refractivity contribution in [3.05, 3.63) is 68.7 Å². The molecule has 0 heterocycles. The number of amides is 1. The molecule has 0 aromatic heterocycles. The predicted octanol–water partition coefficient (Wildman–Crippen LogP) is 3.07. The maximum absolute atomic E-state index is 12.2. The van der Waals surface area contributed by atoms with Crippen LogP contribution in [-0.4, -0.2) is 42.5 Å². The SMILES string of the molecule is COc1cccc(CN(C)C(=O)COC(=O)c2ccc(Cl)c([N+](=O)[O-])c2)c1. The van der Waals surface area contributed by atoms with Gasteiger partial charge in [0, 0.05) is 19.7 Å². The van der Waals surface area contributed by atoms with Gasteiger partial charge in [0.15, 0.2) is 6.61 Å². The molecule has 2 aromatic carbocycles. The van der Waals surface area contributed by atoms with E-state index < -0.39 is 29.1 Å². The Balaban J connectivity index is 1.95. The normalized spacial score (nSPS) is 10.2. The summed E-state index contributed by atoms with van der Waals surface area (Å²) in [4.78, 5) is 35.7. The van der Waals surface area contributed by atoms with Crippen LogP contribution in [0, 0.1) is 10.1 Å². The lowest BCUT2D eigenvalue weighted by Gasteiger charge is -2.17. The topological polar surface area (TPSA) is 99.0 Å². The Morgan fingerprint density at radius 1 is 1.22 bits per heavy atom. The molecule has 2 rings (SSSR count). The molecule has 0 radical (unpaired) electrons. The van der Waals surface area contributed by atoms with E-state index in [1.807, 2.05) is 6.07 Å². The van der Waals surface area contributed by atoms with E-state index in [4.69, 9.17) is 21.1 Å².